The van der Waals surface area contributed by atoms with E-state index in [4.69, 9.17) is 0 Å². The van der Waals surface area contributed by atoms with Crippen LogP contribution in [0.3, 0.4) is 0 Å². The monoisotopic (exact) mass is 416 g/mol. The van der Waals surface area contributed by atoms with Gasteiger partial charge in [0.05, 0.1) is 17.0 Å². The van der Waals surface area contributed by atoms with E-state index in [0.717, 1.165) is 22.0 Å². The Kier molecular flexibility index (Phi) is 6.14. The highest BCUT2D eigenvalue weighted by Gasteiger charge is 2.17. The van der Waals surface area contributed by atoms with Gasteiger partial charge in [-0.25, -0.2) is 0 Å². The van der Waals surface area contributed by atoms with Gasteiger partial charge in [0.15, 0.2) is 5.82 Å². The first-order valence-corrected chi connectivity index (χ1v) is 10.4. The van der Waals surface area contributed by atoms with Gasteiger partial charge < -0.3 is 4.90 Å². The molecule has 4 rings (SSSR count). The van der Waals surface area contributed by atoms with Crippen molar-refractivity contribution in [1.29, 1.82) is 0 Å². The minimum atomic E-state index is -0.0300. The fourth-order valence-electron chi connectivity index (χ4n) is 3.02. The highest BCUT2D eigenvalue weighted by atomic mass is 32.2. The van der Waals surface area contributed by atoms with Crippen molar-refractivity contribution in [2.24, 2.45) is 0 Å². The Morgan fingerprint density at radius 2 is 1.73 bits per heavy atom. The van der Waals surface area contributed by atoms with Crippen molar-refractivity contribution in [2.45, 2.75) is 17.2 Å². The molecule has 150 valence electrons. The summed E-state index contributed by atoms with van der Waals surface area (Å²) in [6, 6.07) is 21.2. The molecule has 2 aromatic heterocycles. The third-order valence-electron chi connectivity index (χ3n) is 4.52. The second-order valence-corrected chi connectivity index (χ2v) is 7.66. The van der Waals surface area contributed by atoms with Crippen LogP contribution in [0.1, 0.15) is 21.7 Å². The molecule has 0 bridgehead atoms. The minimum absolute atomic E-state index is 0.0300. The van der Waals surface area contributed by atoms with Gasteiger partial charge in [0.25, 0.3) is 5.91 Å². The van der Waals surface area contributed by atoms with Gasteiger partial charge in [-0.1, -0.05) is 30.3 Å². The Bertz CT molecular complexity index is 1120. The van der Waals surface area contributed by atoms with Gasteiger partial charge in [0, 0.05) is 30.9 Å². The summed E-state index contributed by atoms with van der Waals surface area (Å²) in [5.74, 6) is 1.23. The zero-order valence-corrected chi connectivity index (χ0v) is 17.2. The van der Waals surface area contributed by atoms with Crippen molar-refractivity contribution in [3.8, 4) is 5.69 Å². The zero-order valence-electron chi connectivity index (χ0n) is 16.4. The van der Waals surface area contributed by atoms with E-state index in [1.54, 1.807) is 40.8 Å². The van der Waals surface area contributed by atoms with Gasteiger partial charge in [-0.15, -0.1) is 16.9 Å². The molecule has 0 N–H and O–H groups in total. The van der Waals surface area contributed by atoms with Crippen LogP contribution < -0.4 is 0 Å². The van der Waals surface area contributed by atoms with Crippen LogP contribution in [0.5, 0.6) is 0 Å². The summed E-state index contributed by atoms with van der Waals surface area (Å²) in [4.78, 5) is 19.7. The van der Waals surface area contributed by atoms with Crippen LogP contribution in [0, 0.1) is 0 Å². The van der Waals surface area contributed by atoms with Crippen molar-refractivity contribution in [2.75, 3.05) is 7.05 Å². The van der Waals surface area contributed by atoms with Gasteiger partial charge in [-0.3, -0.25) is 9.78 Å². The van der Waals surface area contributed by atoms with E-state index in [1.165, 1.54) is 0 Å². The summed E-state index contributed by atoms with van der Waals surface area (Å²) in [5.41, 5.74) is 2.60. The molecule has 0 saturated heterocycles. The summed E-state index contributed by atoms with van der Waals surface area (Å²) < 4.78 is 1.72. The molecule has 4 aromatic rings. The Balaban J connectivity index is 1.49. The molecule has 0 fully saturated rings. The van der Waals surface area contributed by atoms with E-state index in [0.29, 0.717) is 17.9 Å². The zero-order chi connectivity index (χ0) is 20.8. The van der Waals surface area contributed by atoms with Crippen LogP contribution in [0.25, 0.3) is 5.69 Å². The molecule has 0 radical (unpaired) electrons. The number of carbonyl (C=O) groups is 1. The van der Waals surface area contributed by atoms with Crippen LogP contribution in [0.2, 0.25) is 0 Å². The second kappa shape index (κ2) is 9.32. The first-order valence-electron chi connectivity index (χ1n) is 9.41. The molecule has 7 nitrogen and oxygen atoms in total. The summed E-state index contributed by atoms with van der Waals surface area (Å²) >= 11 is 1.54. The number of carbonyl (C=O) groups excluding carboxylic acids is 1. The largest absolute Gasteiger partial charge is 0.337 e. The molecule has 1 amide bonds. The maximum atomic E-state index is 13.1. The molecular formula is C22H20N6OS. The number of amides is 1. The van der Waals surface area contributed by atoms with E-state index in [2.05, 4.69) is 20.5 Å². The van der Waals surface area contributed by atoms with Crippen molar-refractivity contribution >= 4 is 17.7 Å². The molecule has 30 heavy (non-hydrogen) atoms. The van der Waals surface area contributed by atoms with Gasteiger partial charge in [-0.05, 0) is 52.4 Å². The number of aromatic nitrogens is 5. The van der Waals surface area contributed by atoms with Gasteiger partial charge in [-0.2, -0.15) is 4.68 Å². The van der Waals surface area contributed by atoms with Crippen LogP contribution in [0.15, 0.2) is 84.0 Å². The topological polar surface area (TPSA) is 76.8 Å². The lowest BCUT2D eigenvalue weighted by Gasteiger charge is -2.19. The number of rotatable bonds is 7. The fraction of sp³-hybridized carbons (Fsp3) is 0.136. The first-order chi connectivity index (χ1) is 14.7. The normalized spacial score (nSPS) is 10.7. The maximum absolute atomic E-state index is 13.1. The van der Waals surface area contributed by atoms with Gasteiger partial charge >= 0.3 is 0 Å². The third-order valence-corrected chi connectivity index (χ3v) is 5.59. The third kappa shape index (κ3) is 4.55. The fourth-order valence-corrected chi connectivity index (χ4v) is 3.97. The van der Waals surface area contributed by atoms with Crippen LogP contribution in [-0.4, -0.2) is 43.0 Å². The average molecular weight is 417 g/mol. The number of thioether (sulfide) groups is 1. The van der Waals surface area contributed by atoms with Crippen molar-refractivity contribution in [1.82, 2.24) is 30.1 Å². The number of hydrogen-bond donors (Lipinski definition) is 0. The number of pyridine rings is 1. The van der Waals surface area contributed by atoms with Crippen LogP contribution in [-0.2, 0) is 12.3 Å². The predicted octanol–water partition coefficient (Wildman–Crippen LogP) is 3.62. The Morgan fingerprint density at radius 3 is 2.53 bits per heavy atom. The van der Waals surface area contributed by atoms with E-state index in [1.807, 2.05) is 66.7 Å². The van der Waals surface area contributed by atoms with E-state index >= 15 is 0 Å². The SMILES string of the molecule is CN(Cc1ccncc1)C(=O)c1ccccc1SCc1nnnn1-c1ccccc1. The number of nitrogens with zero attached hydrogens (tertiary/aromatic N) is 6. The molecule has 0 unspecified atom stereocenters. The minimum Gasteiger partial charge on any atom is -0.337 e. The number of para-hydroxylation sites is 1. The van der Waals surface area contributed by atoms with E-state index < -0.39 is 0 Å². The second-order valence-electron chi connectivity index (χ2n) is 6.64. The van der Waals surface area contributed by atoms with E-state index in [-0.39, 0.29) is 5.91 Å². The molecule has 0 aliphatic rings. The van der Waals surface area contributed by atoms with E-state index in [9.17, 15) is 4.79 Å². The molecule has 0 atom stereocenters. The number of tetrazole rings is 1. The molecule has 2 aromatic carbocycles. The number of hydrogen-bond acceptors (Lipinski definition) is 6. The van der Waals surface area contributed by atoms with Crippen LogP contribution >= 0.6 is 11.8 Å². The summed E-state index contributed by atoms with van der Waals surface area (Å²) in [5, 5.41) is 12.1. The lowest BCUT2D eigenvalue weighted by atomic mass is 10.2. The lowest BCUT2D eigenvalue weighted by Crippen LogP contribution is -2.26. The molecule has 2 heterocycles. The Hall–Kier alpha value is -3.52. The van der Waals surface area contributed by atoms with Gasteiger partial charge in [0.2, 0.25) is 0 Å². The molecule has 0 saturated carbocycles. The number of benzene rings is 2. The summed E-state index contributed by atoms with van der Waals surface area (Å²) in [6.45, 7) is 0.520. The molecule has 8 heteroatoms. The molecular weight excluding hydrogens is 396 g/mol. The Labute approximate surface area is 178 Å². The standard InChI is InChI=1S/C22H20N6OS/c1-27(15-17-11-13-23-14-12-17)22(29)19-9-5-6-10-20(19)30-16-21-24-25-26-28(21)18-7-3-2-4-8-18/h2-14H,15-16H2,1H3. The highest BCUT2D eigenvalue weighted by molar-refractivity contribution is 7.98. The summed E-state index contributed by atoms with van der Waals surface area (Å²) in [6.07, 6.45) is 3.46. The van der Waals surface area contributed by atoms with Gasteiger partial charge in [0.1, 0.15) is 0 Å². The molecule has 0 spiro atoms. The lowest BCUT2D eigenvalue weighted by molar-refractivity contribution is 0.0781. The smallest absolute Gasteiger partial charge is 0.255 e. The van der Waals surface area contributed by atoms with Crippen molar-refractivity contribution < 1.29 is 4.79 Å². The quantitative estimate of drug-likeness (QED) is 0.428. The average Bonchev–Trinajstić information content (AvgIpc) is 3.27. The van der Waals surface area contributed by atoms with Crippen LogP contribution in [0.4, 0.5) is 0 Å². The van der Waals surface area contributed by atoms with Crippen molar-refractivity contribution in [3.05, 3.63) is 96.1 Å². The maximum Gasteiger partial charge on any atom is 0.255 e. The predicted molar refractivity (Wildman–Crippen MR) is 115 cm³/mol. The summed E-state index contributed by atoms with van der Waals surface area (Å²) in [7, 11) is 1.81. The first kappa shape index (κ1) is 19.8. The molecule has 0 aliphatic heterocycles. The molecule has 0 aliphatic carbocycles. The Morgan fingerprint density at radius 1 is 1.00 bits per heavy atom. The highest BCUT2D eigenvalue weighted by Crippen LogP contribution is 2.27. The van der Waals surface area contributed by atoms with Crippen molar-refractivity contribution in [3.63, 3.8) is 0 Å².